The van der Waals surface area contributed by atoms with Crippen LogP contribution in [0.5, 0.6) is 0 Å². The van der Waals surface area contributed by atoms with Gasteiger partial charge in [0, 0.05) is 24.4 Å². The fourth-order valence-corrected chi connectivity index (χ4v) is 5.46. The largest absolute Gasteiger partial charge is 0.334 e. The van der Waals surface area contributed by atoms with Crippen molar-refractivity contribution >= 4 is 29.5 Å². The molecule has 6 nitrogen and oxygen atoms in total. The van der Waals surface area contributed by atoms with E-state index in [1.807, 2.05) is 54.6 Å². The first-order valence-corrected chi connectivity index (χ1v) is 10.9. The Labute approximate surface area is 173 Å². The number of hydrogen-bond acceptors (Lipinski definition) is 4. The van der Waals surface area contributed by atoms with Crippen LogP contribution < -0.4 is 0 Å². The number of carbonyl (C=O) groups is 3. The standard InChI is InChI=1S/C22H21N3O3S/c26-20(17-8-6-16(7-9-17)15-4-2-1-3-5-15)23-10-11-24-18(12-23)21(27)25-14-29-13-19(25)22(24)28/h1-9,18-19H,10-14H2/t18-,19+/m1/s1. The maximum absolute atomic E-state index is 13.0. The summed E-state index contributed by atoms with van der Waals surface area (Å²) in [5.74, 6) is 1.14. The van der Waals surface area contributed by atoms with E-state index in [9.17, 15) is 14.4 Å². The van der Waals surface area contributed by atoms with Crippen LogP contribution in [0.4, 0.5) is 0 Å². The fraction of sp³-hybridized carbons (Fsp3) is 0.318. The molecule has 0 bridgehead atoms. The summed E-state index contributed by atoms with van der Waals surface area (Å²) in [6, 6.07) is 16.7. The molecule has 3 aliphatic rings. The Balaban J connectivity index is 1.32. The fourth-order valence-electron chi connectivity index (χ4n) is 4.31. The van der Waals surface area contributed by atoms with Gasteiger partial charge in [0.15, 0.2) is 0 Å². The number of hydrogen-bond donors (Lipinski definition) is 0. The molecule has 3 heterocycles. The maximum Gasteiger partial charge on any atom is 0.253 e. The molecular weight excluding hydrogens is 386 g/mol. The van der Waals surface area contributed by atoms with E-state index in [2.05, 4.69) is 0 Å². The average Bonchev–Trinajstić information content (AvgIpc) is 3.28. The van der Waals surface area contributed by atoms with Gasteiger partial charge in [-0.2, -0.15) is 0 Å². The topological polar surface area (TPSA) is 60.9 Å². The first-order valence-electron chi connectivity index (χ1n) is 9.77. The maximum atomic E-state index is 13.0. The Hall–Kier alpha value is -2.80. The molecule has 2 aromatic rings. The van der Waals surface area contributed by atoms with E-state index >= 15 is 0 Å². The van der Waals surface area contributed by atoms with Crippen molar-refractivity contribution in [3.8, 4) is 11.1 Å². The van der Waals surface area contributed by atoms with E-state index in [-0.39, 0.29) is 30.3 Å². The second kappa shape index (κ2) is 7.22. The van der Waals surface area contributed by atoms with E-state index in [1.54, 1.807) is 26.5 Å². The zero-order valence-electron chi connectivity index (χ0n) is 15.9. The molecule has 5 rings (SSSR count). The number of piperazine rings is 2. The first-order chi connectivity index (χ1) is 14.1. The summed E-state index contributed by atoms with van der Waals surface area (Å²) >= 11 is 1.61. The lowest BCUT2D eigenvalue weighted by molar-refractivity contribution is -0.161. The predicted molar refractivity (Wildman–Crippen MR) is 111 cm³/mol. The lowest BCUT2D eigenvalue weighted by Gasteiger charge is -2.47. The number of fused-ring (bicyclic) bond motifs is 2. The SMILES string of the molecule is O=C(c1ccc(-c2ccccc2)cc1)N1CCN2C(=O)[C@@H]3CSCN3C(=O)[C@H]2C1. The van der Waals surface area contributed by atoms with Crippen LogP contribution in [-0.2, 0) is 9.59 Å². The third-order valence-electron chi connectivity index (χ3n) is 5.93. The van der Waals surface area contributed by atoms with E-state index in [0.29, 0.717) is 30.3 Å². The van der Waals surface area contributed by atoms with E-state index in [0.717, 1.165) is 11.1 Å². The van der Waals surface area contributed by atoms with Crippen LogP contribution in [0, 0.1) is 0 Å². The van der Waals surface area contributed by atoms with Crippen LogP contribution in [0.3, 0.4) is 0 Å². The molecule has 3 fully saturated rings. The number of amides is 3. The molecule has 0 N–H and O–H groups in total. The summed E-state index contributed by atoms with van der Waals surface area (Å²) in [4.78, 5) is 43.7. The third kappa shape index (κ3) is 3.09. The van der Waals surface area contributed by atoms with Gasteiger partial charge in [-0.3, -0.25) is 14.4 Å². The molecule has 0 saturated carbocycles. The van der Waals surface area contributed by atoms with Crippen molar-refractivity contribution in [2.75, 3.05) is 31.3 Å². The van der Waals surface area contributed by atoms with Crippen molar-refractivity contribution in [2.45, 2.75) is 12.1 Å². The first kappa shape index (κ1) is 18.2. The van der Waals surface area contributed by atoms with Gasteiger partial charge < -0.3 is 14.7 Å². The van der Waals surface area contributed by atoms with Crippen LogP contribution in [0.2, 0.25) is 0 Å². The van der Waals surface area contributed by atoms with Gasteiger partial charge in [0.1, 0.15) is 12.1 Å². The number of nitrogens with zero attached hydrogens (tertiary/aromatic N) is 3. The highest BCUT2D eigenvalue weighted by molar-refractivity contribution is 7.99. The summed E-state index contributed by atoms with van der Waals surface area (Å²) in [6.45, 7) is 1.13. The lowest BCUT2D eigenvalue weighted by Crippen LogP contribution is -2.69. The molecule has 0 spiro atoms. The average molecular weight is 407 g/mol. The van der Waals surface area contributed by atoms with Crippen molar-refractivity contribution in [1.82, 2.24) is 14.7 Å². The van der Waals surface area contributed by atoms with Crippen LogP contribution >= 0.6 is 11.8 Å². The van der Waals surface area contributed by atoms with Gasteiger partial charge in [0.2, 0.25) is 11.8 Å². The molecule has 148 valence electrons. The van der Waals surface area contributed by atoms with Gasteiger partial charge in [-0.15, -0.1) is 11.8 Å². The molecular formula is C22H21N3O3S. The van der Waals surface area contributed by atoms with E-state index in [4.69, 9.17) is 0 Å². The van der Waals surface area contributed by atoms with Gasteiger partial charge in [0.25, 0.3) is 5.91 Å². The van der Waals surface area contributed by atoms with Crippen LogP contribution in [0.15, 0.2) is 54.6 Å². The van der Waals surface area contributed by atoms with Crippen molar-refractivity contribution < 1.29 is 14.4 Å². The van der Waals surface area contributed by atoms with Crippen molar-refractivity contribution in [3.05, 3.63) is 60.2 Å². The Morgan fingerprint density at radius 2 is 1.52 bits per heavy atom. The van der Waals surface area contributed by atoms with Gasteiger partial charge in [-0.25, -0.2) is 0 Å². The van der Waals surface area contributed by atoms with Gasteiger partial charge in [-0.1, -0.05) is 42.5 Å². The number of rotatable bonds is 2. The molecule has 3 saturated heterocycles. The second-order valence-electron chi connectivity index (χ2n) is 7.57. The van der Waals surface area contributed by atoms with Crippen LogP contribution in [0.25, 0.3) is 11.1 Å². The zero-order valence-corrected chi connectivity index (χ0v) is 16.7. The van der Waals surface area contributed by atoms with Crippen LogP contribution in [0.1, 0.15) is 10.4 Å². The molecule has 2 atom stereocenters. The van der Waals surface area contributed by atoms with E-state index < -0.39 is 6.04 Å². The minimum atomic E-state index is -0.557. The number of carbonyl (C=O) groups excluding carboxylic acids is 3. The molecule has 0 aliphatic carbocycles. The Kier molecular flexibility index (Phi) is 4.54. The lowest BCUT2D eigenvalue weighted by atomic mass is 10.0. The minimum Gasteiger partial charge on any atom is -0.334 e. The number of thioether (sulfide) groups is 1. The third-order valence-corrected chi connectivity index (χ3v) is 6.94. The Bertz CT molecular complexity index is 963. The summed E-state index contributed by atoms with van der Waals surface area (Å²) in [5, 5.41) is 0. The highest BCUT2D eigenvalue weighted by atomic mass is 32.2. The van der Waals surface area contributed by atoms with Crippen LogP contribution in [-0.4, -0.2) is 75.8 Å². The molecule has 0 radical (unpaired) electrons. The second-order valence-corrected chi connectivity index (χ2v) is 8.57. The molecule has 29 heavy (non-hydrogen) atoms. The molecule has 2 aromatic carbocycles. The van der Waals surface area contributed by atoms with E-state index in [1.165, 1.54) is 0 Å². The summed E-state index contributed by atoms with van der Waals surface area (Å²) in [7, 11) is 0. The molecule has 7 heteroatoms. The molecule has 0 aromatic heterocycles. The quantitative estimate of drug-likeness (QED) is 0.763. The van der Waals surface area contributed by atoms with Gasteiger partial charge in [0.05, 0.1) is 12.4 Å². The zero-order chi connectivity index (χ0) is 20.0. The van der Waals surface area contributed by atoms with Crippen molar-refractivity contribution in [2.24, 2.45) is 0 Å². The predicted octanol–water partition coefficient (Wildman–Crippen LogP) is 1.92. The Morgan fingerprint density at radius 3 is 2.28 bits per heavy atom. The highest BCUT2D eigenvalue weighted by Gasteiger charge is 2.50. The van der Waals surface area contributed by atoms with Gasteiger partial charge in [-0.05, 0) is 23.3 Å². The summed E-state index contributed by atoms with van der Waals surface area (Å²) < 4.78 is 0. The molecule has 0 unspecified atom stereocenters. The Morgan fingerprint density at radius 1 is 0.828 bits per heavy atom. The van der Waals surface area contributed by atoms with Crippen molar-refractivity contribution in [3.63, 3.8) is 0 Å². The molecule has 3 amide bonds. The molecule has 3 aliphatic heterocycles. The monoisotopic (exact) mass is 407 g/mol. The summed E-state index contributed by atoms with van der Waals surface area (Å²) in [6.07, 6.45) is 0. The smallest absolute Gasteiger partial charge is 0.253 e. The van der Waals surface area contributed by atoms with Crippen molar-refractivity contribution in [1.29, 1.82) is 0 Å². The highest BCUT2D eigenvalue weighted by Crippen LogP contribution is 2.30. The number of benzene rings is 2. The normalized spacial score (nSPS) is 23.8. The minimum absolute atomic E-state index is 0.0268. The van der Waals surface area contributed by atoms with Gasteiger partial charge >= 0.3 is 0 Å². The summed E-state index contributed by atoms with van der Waals surface area (Å²) in [5.41, 5.74) is 2.75.